The second-order valence-electron chi connectivity index (χ2n) is 3.84. The molecule has 0 unspecified atom stereocenters. The van der Waals surface area contributed by atoms with E-state index in [1.165, 1.54) is 0 Å². The Morgan fingerprint density at radius 1 is 1.47 bits per heavy atom. The highest BCUT2D eigenvalue weighted by Gasteiger charge is 2.17. The van der Waals surface area contributed by atoms with E-state index in [1.54, 1.807) is 0 Å². The Morgan fingerprint density at radius 2 is 2.27 bits per heavy atom. The average Bonchev–Trinajstić information content (AvgIpc) is 2.46. The van der Waals surface area contributed by atoms with Gasteiger partial charge in [0.25, 0.3) is 0 Å². The van der Waals surface area contributed by atoms with E-state index < -0.39 is 0 Å². The maximum absolute atomic E-state index is 9.73. The highest BCUT2D eigenvalue weighted by molar-refractivity contribution is 5.51. The van der Waals surface area contributed by atoms with Crippen LogP contribution in [-0.4, -0.2) is 5.11 Å². The molecule has 0 amide bonds. The van der Waals surface area contributed by atoms with Crippen LogP contribution < -0.4 is 5.32 Å². The van der Waals surface area contributed by atoms with Gasteiger partial charge in [0, 0.05) is 17.7 Å². The largest absolute Gasteiger partial charge is 0.510 e. The van der Waals surface area contributed by atoms with E-state index in [0.717, 1.165) is 29.0 Å². The first-order chi connectivity index (χ1) is 7.18. The van der Waals surface area contributed by atoms with Crippen LogP contribution in [0.2, 0.25) is 0 Å². The standard InChI is InChI=1S/C13H15NO/c1-9-8-13(15)10(2)14-12-7-5-3-4-6-11(9)12/h3-4,6-7,14-15H,1,5,8H2,2H3. The monoisotopic (exact) mass is 201 g/mol. The summed E-state index contributed by atoms with van der Waals surface area (Å²) in [5.41, 5.74) is 3.90. The Bertz CT molecular complexity index is 422. The van der Waals surface area contributed by atoms with Crippen LogP contribution in [0.15, 0.2) is 59.2 Å². The maximum atomic E-state index is 9.73. The molecule has 2 nitrogen and oxygen atoms in total. The molecule has 2 N–H and O–H groups in total. The van der Waals surface area contributed by atoms with Crippen LogP contribution in [0.5, 0.6) is 0 Å². The molecule has 0 radical (unpaired) electrons. The van der Waals surface area contributed by atoms with Crippen molar-refractivity contribution in [3.05, 3.63) is 59.2 Å². The third-order valence-electron chi connectivity index (χ3n) is 2.66. The molecule has 78 valence electrons. The van der Waals surface area contributed by atoms with Gasteiger partial charge in [-0.05, 0) is 18.9 Å². The molecule has 0 atom stereocenters. The highest BCUT2D eigenvalue weighted by atomic mass is 16.3. The summed E-state index contributed by atoms with van der Waals surface area (Å²) in [5, 5.41) is 13.0. The number of aliphatic hydroxyl groups is 1. The van der Waals surface area contributed by atoms with E-state index in [9.17, 15) is 5.11 Å². The minimum atomic E-state index is 0.374. The minimum Gasteiger partial charge on any atom is -0.510 e. The molecule has 2 heteroatoms. The summed E-state index contributed by atoms with van der Waals surface area (Å²) in [5.74, 6) is 0.374. The number of allylic oxidation sites excluding steroid dienone is 7. The SMILES string of the molecule is C=C1CC(O)=C(C)NC2=CCC=CC=C12. The fourth-order valence-corrected chi connectivity index (χ4v) is 1.76. The molecule has 1 aliphatic carbocycles. The van der Waals surface area contributed by atoms with Crippen LogP contribution >= 0.6 is 0 Å². The molecular formula is C13H15NO. The van der Waals surface area contributed by atoms with E-state index in [1.807, 2.05) is 19.1 Å². The van der Waals surface area contributed by atoms with Crippen molar-refractivity contribution in [2.24, 2.45) is 0 Å². The number of rotatable bonds is 0. The lowest BCUT2D eigenvalue weighted by atomic mass is 10.0. The predicted molar refractivity (Wildman–Crippen MR) is 62.1 cm³/mol. The summed E-state index contributed by atoms with van der Waals surface area (Å²) < 4.78 is 0. The van der Waals surface area contributed by atoms with Gasteiger partial charge in [0.05, 0.1) is 5.70 Å². The van der Waals surface area contributed by atoms with Gasteiger partial charge in [0.2, 0.25) is 0 Å². The van der Waals surface area contributed by atoms with Crippen molar-refractivity contribution < 1.29 is 5.11 Å². The van der Waals surface area contributed by atoms with Crippen LogP contribution in [0.3, 0.4) is 0 Å². The third-order valence-corrected chi connectivity index (χ3v) is 2.66. The molecular weight excluding hydrogens is 186 g/mol. The van der Waals surface area contributed by atoms with Crippen LogP contribution in [0.1, 0.15) is 19.8 Å². The number of nitrogens with one attached hydrogen (secondary N) is 1. The Morgan fingerprint density at radius 3 is 3.07 bits per heavy atom. The fourth-order valence-electron chi connectivity index (χ4n) is 1.76. The van der Waals surface area contributed by atoms with Crippen LogP contribution in [0, 0.1) is 0 Å². The minimum absolute atomic E-state index is 0.374. The summed E-state index contributed by atoms with van der Waals surface area (Å²) in [6.45, 7) is 5.89. The molecule has 0 aromatic rings. The molecule has 1 aliphatic heterocycles. The molecule has 0 aromatic heterocycles. The maximum Gasteiger partial charge on any atom is 0.115 e. The molecule has 0 fully saturated rings. The molecule has 0 bridgehead atoms. The van der Waals surface area contributed by atoms with Crippen molar-refractivity contribution >= 4 is 0 Å². The topological polar surface area (TPSA) is 32.3 Å². The van der Waals surface area contributed by atoms with Gasteiger partial charge in [-0.25, -0.2) is 0 Å². The zero-order chi connectivity index (χ0) is 10.8. The van der Waals surface area contributed by atoms with Crippen molar-refractivity contribution in [1.82, 2.24) is 5.32 Å². The van der Waals surface area contributed by atoms with Crippen LogP contribution in [0.4, 0.5) is 0 Å². The van der Waals surface area contributed by atoms with Crippen molar-refractivity contribution in [2.45, 2.75) is 19.8 Å². The Balaban J connectivity index is 2.44. The average molecular weight is 201 g/mol. The van der Waals surface area contributed by atoms with E-state index in [2.05, 4.69) is 24.0 Å². The normalized spacial score (nSPS) is 21.0. The zero-order valence-corrected chi connectivity index (χ0v) is 8.88. The Labute approximate surface area is 90.0 Å². The number of hydrogen-bond donors (Lipinski definition) is 2. The van der Waals surface area contributed by atoms with E-state index in [4.69, 9.17) is 0 Å². The quantitative estimate of drug-likeness (QED) is 0.631. The Hall–Kier alpha value is -1.70. The van der Waals surface area contributed by atoms with Gasteiger partial charge in [-0.3, -0.25) is 0 Å². The van der Waals surface area contributed by atoms with Crippen molar-refractivity contribution in [3.63, 3.8) is 0 Å². The number of aliphatic hydroxyl groups excluding tert-OH is 1. The van der Waals surface area contributed by atoms with E-state index in [0.29, 0.717) is 12.2 Å². The summed E-state index contributed by atoms with van der Waals surface area (Å²) in [6, 6.07) is 0. The Kier molecular flexibility index (Phi) is 2.50. The van der Waals surface area contributed by atoms with Crippen molar-refractivity contribution in [3.8, 4) is 0 Å². The van der Waals surface area contributed by atoms with Gasteiger partial charge in [-0.15, -0.1) is 0 Å². The fraction of sp³-hybridized carbons (Fsp3) is 0.231. The first-order valence-corrected chi connectivity index (χ1v) is 5.09. The second kappa shape index (κ2) is 3.81. The lowest BCUT2D eigenvalue weighted by molar-refractivity contribution is 0.390. The summed E-state index contributed by atoms with van der Waals surface area (Å²) in [4.78, 5) is 0. The number of fused-ring (bicyclic) bond motifs is 1. The van der Waals surface area contributed by atoms with E-state index >= 15 is 0 Å². The molecule has 2 aliphatic rings. The van der Waals surface area contributed by atoms with Crippen LogP contribution in [0.25, 0.3) is 0 Å². The molecule has 0 saturated heterocycles. The predicted octanol–water partition coefficient (Wildman–Crippen LogP) is 3.10. The van der Waals surface area contributed by atoms with Gasteiger partial charge < -0.3 is 10.4 Å². The first-order valence-electron chi connectivity index (χ1n) is 5.09. The number of hydrogen-bond acceptors (Lipinski definition) is 2. The summed E-state index contributed by atoms with van der Waals surface area (Å²) in [6.07, 6.45) is 9.72. The van der Waals surface area contributed by atoms with Gasteiger partial charge in [0.15, 0.2) is 0 Å². The molecule has 0 saturated carbocycles. The van der Waals surface area contributed by atoms with Crippen molar-refractivity contribution in [1.29, 1.82) is 0 Å². The first kappa shape index (κ1) is 9.84. The lowest BCUT2D eigenvalue weighted by Gasteiger charge is -2.10. The van der Waals surface area contributed by atoms with Gasteiger partial charge >= 0.3 is 0 Å². The van der Waals surface area contributed by atoms with Crippen LogP contribution in [-0.2, 0) is 0 Å². The molecule has 0 aromatic carbocycles. The zero-order valence-electron chi connectivity index (χ0n) is 8.88. The molecule has 0 spiro atoms. The third kappa shape index (κ3) is 1.89. The lowest BCUT2D eigenvalue weighted by Crippen LogP contribution is -2.11. The molecule has 15 heavy (non-hydrogen) atoms. The van der Waals surface area contributed by atoms with Gasteiger partial charge in [-0.2, -0.15) is 0 Å². The van der Waals surface area contributed by atoms with E-state index in [-0.39, 0.29) is 0 Å². The van der Waals surface area contributed by atoms with Gasteiger partial charge in [0.1, 0.15) is 5.76 Å². The van der Waals surface area contributed by atoms with Crippen molar-refractivity contribution in [2.75, 3.05) is 0 Å². The summed E-state index contributed by atoms with van der Waals surface area (Å²) in [7, 11) is 0. The second-order valence-corrected chi connectivity index (χ2v) is 3.84. The van der Waals surface area contributed by atoms with Gasteiger partial charge in [-0.1, -0.05) is 30.9 Å². The molecule has 2 rings (SSSR count). The summed E-state index contributed by atoms with van der Waals surface area (Å²) >= 11 is 0. The highest BCUT2D eigenvalue weighted by Crippen LogP contribution is 2.28. The molecule has 1 heterocycles. The smallest absolute Gasteiger partial charge is 0.115 e.